The maximum absolute atomic E-state index is 7.87. The molecule has 0 unspecified atom stereocenters. The Morgan fingerprint density at radius 1 is 0.833 bits per heavy atom. The third-order valence-corrected chi connectivity index (χ3v) is 5.79. The first-order chi connectivity index (χ1) is 8.45. The molecule has 92 valence electrons. The first-order valence-electron chi connectivity index (χ1n) is 5.31. The van der Waals surface area contributed by atoms with E-state index in [4.69, 9.17) is 9.79 Å². The third kappa shape index (κ3) is 8.99. The topological polar surface area (TPSA) is 40.5 Å². The summed E-state index contributed by atoms with van der Waals surface area (Å²) in [6, 6.07) is 21.6. The molecule has 2 aromatic carbocycles. The summed E-state index contributed by atoms with van der Waals surface area (Å²) in [5.74, 6) is 0. The van der Waals surface area contributed by atoms with Crippen molar-refractivity contribution in [3.8, 4) is 0 Å². The summed E-state index contributed by atoms with van der Waals surface area (Å²) in [5, 5.41) is 0. The summed E-state index contributed by atoms with van der Waals surface area (Å²) in [6.07, 6.45) is 0. The van der Waals surface area contributed by atoms with E-state index in [1.807, 2.05) is 0 Å². The van der Waals surface area contributed by atoms with Crippen molar-refractivity contribution in [2.24, 2.45) is 0 Å². The normalized spacial score (nSPS) is 9.94. The summed E-state index contributed by atoms with van der Waals surface area (Å²) in [7, 11) is 0. The quantitative estimate of drug-likeness (QED) is 0.440. The Kier molecular flexibility index (Phi) is 7.32. The van der Waals surface area contributed by atoms with E-state index in [0.717, 1.165) is 0 Å². The molecule has 2 nitrogen and oxygen atoms in total. The van der Waals surface area contributed by atoms with Crippen LogP contribution in [0.2, 0.25) is 0 Å². The van der Waals surface area contributed by atoms with E-state index in [0.29, 0.717) is 0 Å². The van der Waals surface area contributed by atoms with Crippen molar-refractivity contribution in [2.75, 3.05) is 0 Å². The number of benzene rings is 2. The van der Waals surface area contributed by atoms with Crippen LogP contribution in [0.25, 0.3) is 0 Å². The van der Waals surface area contributed by atoms with Gasteiger partial charge in [0.05, 0.1) is 0 Å². The van der Waals surface area contributed by atoms with Gasteiger partial charge in [0.1, 0.15) is 0 Å². The zero-order chi connectivity index (χ0) is 13.4. The number of hydrogen-bond donors (Lipinski definition) is 3. The van der Waals surface area contributed by atoms with Gasteiger partial charge in [-0.05, 0) is 11.8 Å². The molecule has 0 aromatic heterocycles. The van der Waals surface area contributed by atoms with Crippen molar-refractivity contribution in [3.05, 3.63) is 60.7 Å². The molecule has 18 heavy (non-hydrogen) atoms. The predicted molar refractivity (Wildman–Crippen MR) is 79.9 cm³/mol. The molecule has 0 bridgehead atoms. The van der Waals surface area contributed by atoms with Gasteiger partial charge in [0, 0.05) is 0 Å². The fourth-order valence-corrected chi connectivity index (χ4v) is 4.55. The fourth-order valence-electron chi connectivity index (χ4n) is 1.43. The second-order valence-corrected chi connectivity index (χ2v) is 12.9. The van der Waals surface area contributed by atoms with E-state index >= 15 is 0 Å². The van der Waals surface area contributed by atoms with Crippen LogP contribution in [-0.4, -0.2) is 9.79 Å². The van der Waals surface area contributed by atoms with Gasteiger partial charge in [-0.25, -0.2) is 0 Å². The molecular weight excluding hydrogens is 337 g/mol. The molecule has 0 radical (unpaired) electrons. The Balaban J connectivity index is 0.000000280. The van der Waals surface area contributed by atoms with Crippen LogP contribution in [0.3, 0.4) is 0 Å². The molecule has 0 aliphatic carbocycles. The Labute approximate surface area is 125 Å². The van der Waals surface area contributed by atoms with Gasteiger partial charge in [0.15, 0.2) is 0 Å². The molecule has 2 aromatic rings. The summed E-state index contributed by atoms with van der Waals surface area (Å²) < 4.78 is 3.11. The maximum atomic E-state index is 7.87. The van der Waals surface area contributed by atoms with Gasteiger partial charge < -0.3 is 9.79 Å². The standard InChI is InChI=1S/2C6H5.H3O2PS2.Zn/c2*1-2-4-6-5-3-1;1-3(2,4)5;/h2*1-5H;(H3,1,2,4,5);. The van der Waals surface area contributed by atoms with Crippen molar-refractivity contribution in [3.63, 3.8) is 0 Å². The number of rotatable bonds is 2. The second kappa shape index (κ2) is 8.21. The second-order valence-electron chi connectivity index (χ2n) is 3.66. The summed E-state index contributed by atoms with van der Waals surface area (Å²) in [6.45, 7) is 0. The SMILES string of the molecule is OP(O)(=S)S.c1cc[c]([Zn][c]2ccccc2)cc1. The van der Waals surface area contributed by atoms with Crippen LogP contribution < -0.4 is 8.32 Å². The average Bonchev–Trinajstić information content (AvgIpc) is 2.29. The van der Waals surface area contributed by atoms with Gasteiger partial charge in [-0.3, -0.25) is 0 Å². The minimum atomic E-state index is -3.11. The molecule has 0 fully saturated rings. The molecule has 6 heteroatoms. The van der Waals surface area contributed by atoms with Gasteiger partial charge in [-0.15, -0.1) is 0 Å². The van der Waals surface area contributed by atoms with Crippen molar-refractivity contribution in [1.29, 1.82) is 0 Å². The molecule has 0 aliphatic heterocycles. The molecule has 0 aliphatic rings. The molecule has 0 heterocycles. The van der Waals surface area contributed by atoms with Crippen LogP contribution in [0, 0.1) is 0 Å². The molecule has 2 rings (SSSR count). The Bertz CT molecular complexity index is 456. The van der Waals surface area contributed by atoms with Gasteiger partial charge in [-0.2, -0.15) is 0 Å². The van der Waals surface area contributed by atoms with Gasteiger partial charge in [0.25, 0.3) is 0 Å². The Morgan fingerprint density at radius 3 is 1.39 bits per heavy atom. The van der Waals surface area contributed by atoms with Crippen molar-refractivity contribution in [1.82, 2.24) is 0 Å². The first kappa shape index (κ1) is 16.0. The zero-order valence-electron chi connectivity index (χ0n) is 9.68. The van der Waals surface area contributed by atoms with Crippen LogP contribution in [0.15, 0.2) is 60.7 Å². The van der Waals surface area contributed by atoms with E-state index in [2.05, 4.69) is 84.7 Å². The Hall–Kier alpha value is -0.0166. The fraction of sp³-hybridized carbons (Fsp3) is 0. The zero-order valence-corrected chi connectivity index (χ0v) is 15.3. The molecular formula is C12H13O2PS2Zn. The molecule has 0 spiro atoms. The van der Waals surface area contributed by atoms with Crippen LogP contribution in [-0.2, 0) is 28.9 Å². The molecule has 0 atom stereocenters. The first-order valence-corrected chi connectivity index (χ1v) is 12.1. The van der Waals surface area contributed by atoms with Crippen molar-refractivity contribution >= 4 is 38.1 Å². The Morgan fingerprint density at radius 2 is 1.11 bits per heavy atom. The predicted octanol–water partition coefficient (Wildman–Crippen LogP) is 1.85. The third-order valence-electron chi connectivity index (χ3n) is 2.09. The van der Waals surface area contributed by atoms with E-state index in [-0.39, 0.29) is 0 Å². The van der Waals surface area contributed by atoms with E-state index in [1.165, 1.54) is 0 Å². The average molecular weight is 350 g/mol. The van der Waals surface area contributed by atoms with E-state index in [1.54, 1.807) is 8.32 Å². The van der Waals surface area contributed by atoms with E-state index < -0.39 is 22.8 Å². The van der Waals surface area contributed by atoms with Crippen molar-refractivity contribution in [2.45, 2.75) is 0 Å². The van der Waals surface area contributed by atoms with Gasteiger partial charge in [0.2, 0.25) is 5.69 Å². The molecule has 0 saturated carbocycles. The summed E-state index contributed by atoms with van der Waals surface area (Å²) >= 11 is 6.40. The van der Waals surface area contributed by atoms with Gasteiger partial charge >= 0.3 is 86.1 Å². The van der Waals surface area contributed by atoms with Crippen LogP contribution in [0.1, 0.15) is 0 Å². The van der Waals surface area contributed by atoms with Crippen LogP contribution in [0.5, 0.6) is 0 Å². The van der Waals surface area contributed by atoms with E-state index in [9.17, 15) is 0 Å². The van der Waals surface area contributed by atoms with Gasteiger partial charge in [-0.1, -0.05) is 12.2 Å². The number of hydrogen-bond acceptors (Lipinski definition) is 1. The monoisotopic (exact) mass is 348 g/mol. The van der Waals surface area contributed by atoms with Crippen molar-refractivity contribution < 1.29 is 26.9 Å². The number of thiol groups is 1. The van der Waals surface area contributed by atoms with Crippen LogP contribution in [0.4, 0.5) is 0 Å². The molecule has 0 saturated heterocycles. The molecule has 2 N–H and O–H groups in total. The summed E-state index contributed by atoms with van der Waals surface area (Å²) in [4.78, 5) is 15.7. The van der Waals surface area contributed by atoms with Crippen LogP contribution >= 0.6 is 17.9 Å². The summed E-state index contributed by atoms with van der Waals surface area (Å²) in [5.41, 5.74) is -3.11. The molecule has 0 amide bonds. The minimum absolute atomic E-state index is 0.676.